The van der Waals surface area contributed by atoms with Crippen molar-refractivity contribution in [2.24, 2.45) is 11.8 Å². The van der Waals surface area contributed by atoms with Crippen LogP contribution in [0.2, 0.25) is 10.0 Å². The molecule has 0 bridgehead atoms. The SMILES string of the molecule is Cc1ccc([C@@H](C)Nc2cc(N3CCC(C(=O)N4CCC(C#N)C4)CC3)ccc2Cl)c(Cl)c1. The molecule has 2 aliphatic heterocycles. The zero-order valence-electron chi connectivity index (χ0n) is 19.2. The van der Waals surface area contributed by atoms with Crippen LogP contribution in [0.1, 0.15) is 43.4 Å². The molecule has 7 heteroatoms. The summed E-state index contributed by atoms with van der Waals surface area (Å²) in [5.41, 5.74) is 4.13. The Morgan fingerprint density at radius 2 is 1.85 bits per heavy atom. The Balaban J connectivity index is 1.39. The van der Waals surface area contributed by atoms with Gasteiger partial charge >= 0.3 is 0 Å². The molecular formula is C26H30Cl2N4O. The first-order valence-electron chi connectivity index (χ1n) is 11.6. The molecule has 1 N–H and O–H groups in total. The van der Waals surface area contributed by atoms with E-state index >= 15 is 0 Å². The van der Waals surface area contributed by atoms with E-state index in [2.05, 4.69) is 35.3 Å². The molecule has 1 unspecified atom stereocenters. The summed E-state index contributed by atoms with van der Waals surface area (Å²) in [6, 6.07) is 14.4. The number of nitriles is 1. The largest absolute Gasteiger partial charge is 0.377 e. The summed E-state index contributed by atoms with van der Waals surface area (Å²) in [7, 11) is 0. The summed E-state index contributed by atoms with van der Waals surface area (Å²) in [4.78, 5) is 17.1. The Bertz CT molecular complexity index is 1060. The number of anilines is 2. The lowest BCUT2D eigenvalue weighted by molar-refractivity contribution is -0.135. The quantitative estimate of drug-likeness (QED) is 0.559. The number of halogens is 2. The standard InChI is InChI=1S/C26H30Cl2N4O/c1-17-3-5-22(24(28)13-17)18(2)30-25-14-21(4-6-23(25)27)31-11-8-20(9-12-31)26(33)32-10-7-19(15-29)16-32/h3-6,13-14,18-20,30H,7-12,16H2,1-2H3/t18-,19?/m1/s1. The lowest BCUT2D eigenvalue weighted by Crippen LogP contribution is -2.42. The van der Waals surface area contributed by atoms with Crippen LogP contribution in [0.4, 0.5) is 11.4 Å². The molecular weight excluding hydrogens is 455 g/mol. The van der Waals surface area contributed by atoms with Gasteiger partial charge in [0, 0.05) is 42.8 Å². The number of carbonyl (C=O) groups is 1. The van der Waals surface area contributed by atoms with Crippen molar-refractivity contribution in [1.82, 2.24) is 4.90 Å². The van der Waals surface area contributed by atoms with Crippen LogP contribution in [0.3, 0.4) is 0 Å². The highest BCUT2D eigenvalue weighted by atomic mass is 35.5. The molecule has 5 nitrogen and oxygen atoms in total. The molecule has 33 heavy (non-hydrogen) atoms. The minimum Gasteiger partial charge on any atom is -0.377 e. The molecule has 174 valence electrons. The van der Waals surface area contributed by atoms with Gasteiger partial charge in [0.2, 0.25) is 5.91 Å². The molecule has 2 aromatic rings. The van der Waals surface area contributed by atoms with Crippen LogP contribution in [0.25, 0.3) is 0 Å². The van der Waals surface area contributed by atoms with Gasteiger partial charge in [-0.25, -0.2) is 0 Å². The minimum absolute atomic E-state index is 0.00639. The van der Waals surface area contributed by atoms with Crippen molar-refractivity contribution in [1.29, 1.82) is 5.26 Å². The highest BCUT2D eigenvalue weighted by Gasteiger charge is 2.33. The average Bonchev–Trinajstić information content (AvgIpc) is 3.29. The van der Waals surface area contributed by atoms with Crippen LogP contribution >= 0.6 is 23.2 Å². The number of aryl methyl sites for hydroxylation is 1. The smallest absolute Gasteiger partial charge is 0.225 e. The molecule has 2 fully saturated rings. The third kappa shape index (κ3) is 5.39. The molecule has 0 spiro atoms. The first kappa shape index (κ1) is 23.7. The molecule has 2 heterocycles. The van der Waals surface area contributed by atoms with Gasteiger partial charge in [-0.15, -0.1) is 0 Å². The Kier molecular flexibility index (Phi) is 7.36. The number of carbonyl (C=O) groups excluding carboxylic acids is 1. The van der Waals surface area contributed by atoms with Gasteiger partial charge in [-0.1, -0.05) is 35.3 Å². The first-order valence-corrected chi connectivity index (χ1v) is 12.4. The summed E-state index contributed by atoms with van der Waals surface area (Å²) in [6.07, 6.45) is 2.45. The van der Waals surface area contributed by atoms with Gasteiger partial charge in [0.1, 0.15) is 0 Å². The summed E-state index contributed by atoms with van der Waals surface area (Å²) in [5, 5.41) is 14.0. The van der Waals surface area contributed by atoms with Gasteiger partial charge in [0.15, 0.2) is 0 Å². The second kappa shape index (κ2) is 10.2. The summed E-state index contributed by atoms with van der Waals surface area (Å²) >= 11 is 13.0. The van der Waals surface area contributed by atoms with Crippen molar-refractivity contribution in [3.63, 3.8) is 0 Å². The maximum atomic E-state index is 12.9. The maximum Gasteiger partial charge on any atom is 0.225 e. The minimum atomic E-state index is -0.00814. The molecule has 2 aliphatic rings. The number of nitrogens with one attached hydrogen (secondary N) is 1. The van der Waals surface area contributed by atoms with E-state index in [0.717, 1.165) is 59.9 Å². The van der Waals surface area contributed by atoms with E-state index in [-0.39, 0.29) is 23.8 Å². The molecule has 4 rings (SSSR count). The molecule has 2 saturated heterocycles. The molecule has 0 radical (unpaired) electrons. The number of amides is 1. The van der Waals surface area contributed by atoms with Crippen LogP contribution in [-0.4, -0.2) is 37.0 Å². The number of rotatable bonds is 5. The molecule has 2 atom stereocenters. The lowest BCUT2D eigenvalue weighted by Gasteiger charge is -2.35. The normalized spacial score (nSPS) is 19.9. The molecule has 1 amide bonds. The lowest BCUT2D eigenvalue weighted by atomic mass is 9.95. The number of likely N-dealkylation sites (tertiary alicyclic amines) is 1. The van der Waals surface area contributed by atoms with Gasteiger partial charge in [0.25, 0.3) is 0 Å². The number of nitrogens with zero attached hydrogens (tertiary/aromatic N) is 3. The van der Waals surface area contributed by atoms with Crippen molar-refractivity contribution >= 4 is 40.5 Å². The number of hydrogen-bond acceptors (Lipinski definition) is 4. The van der Waals surface area contributed by atoms with E-state index in [1.54, 1.807) is 0 Å². The van der Waals surface area contributed by atoms with Crippen molar-refractivity contribution in [2.75, 3.05) is 36.4 Å². The Hall–Kier alpha value is -2.42. The zero-order chi connectivity index (χ0) is 23.5. The summed E-state index contributed by atoms with van der Waals surface area (Å²) in [5.74, 6) is 0.258. The maximum absolute atomic E-state index is 12.9. The van der Waals surface area contributed by atoms with Gasteiger partial charge in [-0.05, 0) is 68.5 Å². The summed E-state index contributed by atoms with van der Waals surface area (Å²) in [6.45, 7) is 7.06. The fourth-order valence-electron chi connectivity index (χ4n) is 4.82. The second-order valence-corrected chi connectivity index (χ2v) is 10.0. The first-order chi connectivity index (χ1) is 15.9. The highest BCUT2D eigenvalue weighted by molar-refractivity contribution is 6.33. The molecule has 0 saturated carbocycles. The third-order valence-electron chi connectivity index (χ3n) is 6.84. The molecule has 0 aliphatic carbocycles. The second-order valence-electron chi connectivity index (χ2n) is 9.22. The van der Waals surface area contributed by atoms with Crippen molar-refractivity contribution in [2.45, 2.75) is 39.2 Å². The monoisotopic (exact) mass is 484 g/mol. The molecule has 2 aromatic carbocycles. The average molecular weight is 485 g/mol. The van der Waals surface area contributed by atoms with E-state index < -0.39 is 0 Å². The van der Waals surface area contributed by atoms with Crippen LogP contribution in [0.15, 0.2) is 36.4 Å². The van der Waals surface area contributed by atoms with Crippen molar-refractivity contribution in [3.05, 3.63) is 57.6 Å². The van der Waals surface area contributed by atoms with Crippen LogP contribution in [-0.2, 0) is 4.79 Å². The van der Waals surface area contributed by atoms with Crippen LogP contribution < -0.4 is 10.2 Å². The predicted octanol–water partition coefficient (Wildman–Crippen LogP) is 6.06. The predicted molar refractivity (Wildman–Crippen MR) is 135 cm³/mol. The van der Waals surface area contributed by atoms with Crippen LogP contribution in [0.5, 0.6) is 0 Å². The van der Waals surface area contributed by atoms with Gasteiger partial charge < -0.3 is 15.1 Å². The topological polar surface area (TPSA) is 59.4 Å². The van der Waals surface area contributed by atoms with E-state index in [0.29, 0.717) is 18.1 Å². The highest BCUT2D eigenvalue weighted by Crippen LogP contribution is 2.34. The van der Waals surface area contributed by atoms with E-state index in [4.69, 9.17) is 28.5 Å². The van der Waals surface area contributed by atoms with E-state index in [1.807, 2.05) is 36.1 Å². The Labute approximate surface area is 206 Å². The Morgan fingerprint density at radius 3 is 2.52 bits per heavy atom. The van der Waals surface area contributed by atoms with E-state index in [9.17, 15) is 4.79 Å². The van der Waals surface area contributed by atoms with Gasteiger partial charge in [0.05, 0.1) is 28.7 Å². The number of hydrogen-bond donors (Lipinski definition) is 1. The third-order valence-corrected chi connectivity index (χ3v) is 7.49. The number of piperidine rings is 1. The van der Waals surface area contributed by atoms with Gasteiger partial charge in [-0.2, -0.15) is 5.26 Å². The number of benzene rings is 2. The fourth-order valence-corrected chi connectivity index (χ4v) is 5.39. The zero-order valence-corrected chi connectivity index (χ0v) is 20.7. The Morgan fingerprint density at radius 1 is 1.09 bits per heavy atom. The molecule has 0 aromatic heterocycles. The fraction of sp³-hybridized carbons (Fsp3) is 0.462. The van der Waals surface area contributed by atoms with Crippen molar-refractivity contribution < 1.29 is 4.79 Å². The summed E-state index contributed by atoms with van der Waals surface area (Å²) < 4.78 is 0. The van der Waals surface area contributed by atoms with Gasteiger partial charge in [-0.3, -0.25) is 4.79 Å². The van der Waals surface area contributed by atoms with E-state index in [1.165, 1.54) is 0 Å². The van der Waals surface area contributed by atoms with Crippen molar-refractivity contribution in [3.8, 4) is 6.07 Å². The van der Waals surface area contributed by atoms with Crippen LogP contribution in [0, 0.1) is 30.1 Å².